The molecule has 1 saturated heterocycles. The number of aryl methyl sites for hydroxylation is 1. The molecular weight excluding hydrogens is 335 g/mol. The SMILES string of the molecule is Cc1ccccc1C(=O)NC1CCN(C(=O)Nc2ccncc2F)CC1. The third-order valence-electron chi connectivity index (χ3n) is 4.52. The van der Waals surface area contributed by atoms with Gasteiger partial charge in [-0.2, -0.15) is 0 Å². The molecule has 0 unspecified atom stereocenters. The van der Waals surface area contributed by atoms with E-state index in [9.17, 15) is 14.0 Å². The van der Waals surface area contributed by atoms with Gasteiger partial charge < -0.3 is 15.5 Å². The molecule has 6 nitrogen and oxygen atoms in total. The molecule has 2 N–H and O–H groups in total. The van der Waals surface area contributed by atoms with Crippen LogP contribution in [0.5, 0.6) is 0 Å². The van der Waals surface area contributed by atoms with Crippen molar-refractivity contribution in [3.63, 3.8) is 0 Å². The number of nitrogens with zero attached hydrogens (tertiary/aromatic N) is 2. The third kappa shape index (κ3) is 4.17. The molecule has 26 heavy (non-hydrogen) atoms. The van der Waals surface area contributed by atoms with Crippen LogP contribution in [0.25, 0.3) is 0 Å². The number of urea groups is 1. The fraction of sp³-hybridized carbons (Fsp3) is 0.316. The summed E-state index contributed by atoms with van der Waals surface area (Å²) in [5, 5.41) is 5.58. The van der Waals surface area contributed by atoms with E-state index in [-0.39, 0.29) is 23.7 Å². The van der Waals surface area contributed by atoms with E-state index in [4.69, 9.17) is 0 Å². The van der Waals surface area contributed by atoms with Gasteiger partial charge in [0.05, 0.1) is 11.9 Å². The summed E-state index contributed by atoms with van der Waals surface area (Å²) in [6.45, 7) is 2.90. The van der Waals surface area contributed by atoms with Crippen molar-refractivity contribution < 1.29 is 14.0 Å². The average molecular weight is 356 g/mol. The van der Waals surface area contributed by atoms with Gasteiger partial charge in [-0.15, -0.1) is 0 Å². The zero-order chi connectivity index (χ0) is 18.5. The second kappa shape index (κ2) is 7.95. The van der Waals surface area contributed by atoms with Gasteiger partial charge in [0.1, 0.15) is 0 Å². The number of rotatable bonds is 3. The van der Waals surface area contributed by atoms with Gasteiger partial charge in [-0.1, -0.05) is 18.2 Å². The minimum Gasteiger partial charge on any atom is -0.349 e. The van der Waals surface area contributed by atoms with Crippen molar-refractivity contribution in [3.8, 4) is 0 Å². The molecule has 2 aromatic rings. The number of hydrogen-bond donors (Lipinski definition) is 2. The van der Waals surface area contributed by atoms with Gasteiger partial charge in [0.2, 0.25) is 0 Å². The number of piperidine rings is 1. The molecule has 1 aromatic heterocycles. The molecule has 1 aromatic carbocycles. The lowest BCUT2D eigenvalue weighted by Crippen LogP contribution is -2.47. The van der Waals surface area contributed by atoms with Crippen LogP contribution in [0.3, 0.4) is 0 Å². The van der Waals surface area contributed by atoms with E-state index in [0.717, 1.165) is 11.8 Å². The number of aromatic nitrogens is 1. The van der Waals surface area contributed by atoms with Crippen LogP contribution in [-0.4, -0.2) is 41.0 Å². The molecule has 3 amide bonds. The number of amides is 3. The largest absolute Gasteiger partial charge is 0.349 e. The third-order valence-corrected chi connectivity index (χ3v) is 4.52. The highest BCUT2D eigenvalue weighted by Gasteiger charge is 2.25. The van der Waals surface area contributed by atoms with E-state index >= 15 is 0 Å². The topological polar surface area (TPSA) is 74.3 Å². The van der Waals surface area contributed by atoms with E-state index in [1.54, 1.807) is 11.0 Å². The summed E-state index contributed by atoms with van der Waals surface area (Å²) in [6, 6.07) is 8.53. The first-order chi connectivity index (χ1) is 12.5. The zero-order valence-corrected chi connectivity index (χ0v) is 14.5. The molecule has 2 heterocycles. The zero-order valence-electron chi connectivity index (χ0n) is 14.5. The first-order valence-electron chi connectivity index (χ1n) is 8.56. The Kier molecular flexibility index (Phi) is 5.46. The Hall–Kier alpha value is -2.96. The molecular formula is C19H21FN4O2. The maximum absolute atomic E-state index is 13.6. The maximum atomic E-state index is 13.6. The summed E-state index contributed by atoms with van der Waals surface area (Å²) in [7, 11) is 0. The lowest BCUT2D eigenvalue weighted by Gasteiger charge is -2.32. The maximum Gasteiger partial charge on any atom is 0.321 e. The van der Waals surface area contributed by atoms with Gasteiger partial charge in [0.25, 0.3) is 5.91 Å². The molecule has 1 aliphatic heterocycles. The molecule has 7 heteroatoms. The normalized spacial score (nSPS) is 14.8. The van der Waals surface area contributed by atoms with Crippen molar-refractivity contribution in [2.75, 3.05) is 18.4 Å². The molecule has 136 valence electrons. The Morgan fingerprint density at radius 2 is 1.92 bits per heavy atom. The number of nitrogens with one attached hydrogen (secondary N) is 2. The van der Waals surface area contributed by atoms with Gasteiger partial charge in [-0.3, -0.25) is 9.78 Å². The van der Waals surface area contributed by atoms with Gasteiger partial charge in [-0.25, -0.2) is 9.18 Å². The van der Waals surface area contributed by atoms with Crippen molar-refractivity contribution in [2.24, 2.45) is 0 Å². The quantitative estimate of drug-likeness (QED) is 0.888. The second-order valence-corrected chi connectivity index (χ2v) is 6.34. The highest BCUT2D eigenvalue weighted by Crippen LogP contribution is 2.16. The van der Waals surface area contributed by atoms with Crippen LogP contribution in [0.4, 0.5) is 14.9 Å². The molecule has 0 bridgehead atoms. The van der Waals surface area contributed by atoms with Crippen LogP contribution in [0.2, 0.25) is 0 Å². The molecule has 1 fully saturated rings. The van der Waals surface area contributed by atoms with Crippen molar-refractivity contribution in [2.45, 2.75) is 25.8 Å². The van der Waals surface area contributed by atoms with Crippen LogP contribution in [0.15, 0.2) is 42.7 Å². The summed E-state index contributed by atoms with van der Waals surface area (Å²) in [5.74, 6) is -0.661. The first-order valence-corrected chi connectivity index (χ1v) is 8.56. The smallest absolute Gasteiger partial charge is 0.321 e. The van der Waals surface area contributed by atoms with Crippen molar-refractivity contribution in [3.05, 3.63) is 59.7 Å². The number of anilines is 1. The Bertz CT molecular complexity index is 804. The summed E-state index contributed by atoms with van der Waals surface area (Å²) < 4.78 is 13.6. The standard InChI is InChI=1S/C19H21FN4O2/c1-13-4-2-3-5-15(13)18(25)22-14-7-10-24(11-8-14)19(26)23-17-6-9-21-12-16(17)20/h2-6,9,12,14H,7-8,10-11H2,1H3,(H,22,25)(H,21,23,26). The fourth-order valence-corrected chi connectivity index (χ4v) is 2.99. The number of halogens is 1. The Morgan fingerprint density at radius 3 is 2.62 bits per heavy atom. The van der Waals surface area contributed by atoms with E-state index in [2.05, 4.69) is 15.6 Å². The molecule has 0 spiro atoms. The van der Waals surface area contributed by atoms with Crippen LogP contribution in [-0.2, 0) is 0 Å². The predicted octanol–water partition coefficient (Wildman–Crippen LogP) is 2.96. The van der Waals surface area contributed by atoms with Crippen molar-refractivity contribution in [1.29, 1.82) is 0 Å². The lowest BCUT2D eigenvalue weighted by atomic mass is 10.0. The predicted molar refractivity (Wildman–Crippen MR) is 96.5 cm³/mol. The van der Waals surface area contributed by atoms with E-state index < -0.39 is 5.82 Å². The number of likely N-dealkylation sites (tertiary alicyclic amines) is 1. The van der Waals surface area contributed by atoms with Crippen LogP contribution in [0, 0.1) is 12.7 Å². The van der Waals surface area contributed by atoms with Crippen LogP contribution in [0.1, 0.15) is 28.8 Å². The lowest BCUT2D eigenvalue weighted by molar-refractivity contribution is 0.0918. The highest BCUT2D eigenvalue weighted by atomic mass is 19.1. The summed E-state index contributed by atoms with van der Waals surface area (Å²) >= 11 is 0. The summed E-state index contributed by atoms with van der Waals surface area (Å²) in [5.41, 5.74) is 1.71. The molecule has 0 aliphatic carbocycles. The Morgan fingerprint density at radius 1 is 1.19 bits per heavy atom. The Labute approximate surface area is 151 Å². The number of benzene rings is 1. The molecule has 0 radical (unpaired) electrons. The van der Waals surface area contributed by atoms with E-state index in [0.29, 0.717) is 31.5 Å². The average Bonchev–Trinajstić information content (AvgIpc) is 2.64. The second-order valence-electron chi connectivity index (χ2n) is 6.34. The molecule has 0 atom stereocenters. The van der Waals surface area contributed by atoms with E-state index in [1.165, 1.54) is 12.3 Å². The number of hydrogen-bond acceptors (Lipinski definition) is 3. The minimum absolute atomic E-state index is 0.0174. The monoisotopic (exact) mass is 356 g/mol. The number of carbonyl (C=O) groups excluding carboxylic acids is 2. The van der Waals surface area contributed by atoms with Crippen LogP contribution < -0.4 is 10.6 Å². The fourth-order valence-electron chi connectivity index (χ4n) is 2.99. The number of pyridine rings is 1. The van der Waals surface area contributed by atoms with Gasteiger partial charge in [0, 0.05) is 30.9 Å². The van der Waals surface area contributed by atoms with E-state index in [1.807, 2.05) is 25.1 Å². The highest BCUT2D eigenvalue weighted by molar-refractivity contribution is 5.95. The Balaban J connectivity index is 1.51. The van der Waals surface area contributed by atoms with Crippen molar-refractivity contribution >= 4 is 17.6 Å². The van der Waals surface area contributed by atoms with Gasteiger partial charge >= 0.3 is 6.03 Å². The van der Waals surface area contributed by atoms with Gasteiger partial charge in [0.15, 0.2) is 5.82 Å². The summed E-state index contributed by atoms with van der Waals surface area (Å²) in [6.07, 6.45) is 3.79. The molecule has 0 saturated carbocycles. The number of carbonyl (C=O) groups is 2. The first kappa shape index (κ1) is 17.8. The minimum atomic E-state index is -0.568. The molecule has 3 rings (SSSR count). The molecule has 1 aliphatic rings. The van der Waals surface area contributed by atoms with Crippen LogP contribution >= 0.6 is 0 Å². The summed E-state index contributed by atoms with van der Waals surface area (Å²) in [4.78, 5) is 29.9. The van der Waals surface area contributed by atoms with Gasteiger partial charge in [-0.05, 0) is 37.5 Å². The van der Waals surface area contributed by atoms with Crippen molar-refractivity contribution in [1.82, 2.24) is 15.2 Å².